The van der Waals surface area contributed by atoms with Crippen molar-refractivity contribution in [1.29, 1.82) is 0 Å². The number of aryl methyl sites for hydroxylation is 1. The van der Waals surface area contributed by atoms with Gasteiger partial charge < -0.3 is 20.2 Å². The second-order valence-corrected chi connectivity index (χ2v) is 8.15. The molecule has 0 spiro atoms. The first-order chi connectivity index (χ1) is 16.6. The van der Waals surface area contributed by atoms with Crippen LogP contribution in [0, 0.1) is 18.7 Å². The van der Waals surface area contributed by atoms with E-state index in [-0.39, 0.29) is 19.2 Å². The molecule has 0 bridgehead atoms. The van der Waals surface area contributed by atoms with E-state index in [1.165, 1.54) is 38.3 Å². The third-order valence-electron chi connectivity index (χ3n) is 4.82. The number of esters is 1. The summed E-state index contributed by atoms with van der Waals surface area (Å²) in [6, 6.07) is 9.41. The topological polar surface area (TPSA) is 121 Å². The molecule has 0 aliphatic heterocycles. The minimum Gasteiger partial charge on any atom is -0.491 e. The van der Waals surface area contributed by atoms with E-state index in [4.69, 9.17) is 9.47 Å². The summed E-state index contributed by atoms with van der Waals surface area (Å²) in [6.45, 7) is 7.13. The maximum atomic E-state index is 13.1. The van der Waals surface area contributed by atoms with Crippen LogP contribution in [-0.2, 0) is 16.1 Å². The molecular formula is C24H32FN5O5. The molecule has 0 saturated carbocycles. The number of halogens is 1. The first-order valence-electron chi connectivity index (χ1n) is 11.1. The van der Waals surface area contributed by atoms with E-state index < -0.39 is 29.8 Å². The fourth-order valence-electron chi connectivity index (χ4n) is 3.02. The number of rotatable bonds is 10. The van der Waals surface area contributed by atoms with Gasteiger partial charge in [0.1, 0.15) is 11.6 Å². The molecule has 190 valence electrons. The third kappa shape index (κ3) is 8.78. The Balaban J connectivity index is 2.00. The summed E-state index contributed by atoms with van der Waals surface area (Å²) in [7, 11) is 1.22. The lowest BCUT2D eigenvalue weighted by atomic mass is 10.2. The molecule has 0 heterocycles. The molecule has 4 N–H and O–H groups in total. The van der Waals surface area contributed by atoms with Crippen molar-refractivity contribution in [3.05, 3.63) is 59.4 Å². The number of benzene rings is 2. The molecule has 0 aliphatic rings. The molecule has 2 aromatic carbocycles. The highest BCUT2D eigenvalue weighted by molar-refractivity contribution is 5.93. The lowest BCUT2D eigenvalue weighted by molar-refractivity contribution is -0.144. The van der Waals surface area contributed by atoms with Crippen LogP contribution in [0.25, 0.3) is 0 Å². The highest BCUT2D eigenvalue weighted by Gasteiger charge is 2.27. The SMILES string of the molecule is COC(=O)[C@@H](C)CN(C(=O)NCc1ccc(F)cc1)C(=O)NNNc1ccc(OC(C)C)c(C)c1. The van der Waals surface area contributed by atoms with Gasteiger partial charge in [-0.15, -0.1) is 5.53 Å². The van der Waals surface area contributed by atoms with Crippen LogP contribution in [-0.4, -0.2) is 42.7 Å². The molecule has 11 heteroatoms. The van der Waals surface area contributed by atoms with Gasteiger partial charge in [-0.05, 0) is 62.2 Å². The van der Waals surface area contributed by atoms with Crippen molar-refractivity contribution >= 4 is 23.7 Å². The van der Waals surface area contributed by atoms with Gasteiger partial charge in [-0.25, -0.2) is 18.9 Å². The van der Waals surface area contributed by atoms with Gasteiger partial charge in [0.15, 0.2) is 0 Å². The number of hydrazine groups is 2. The molecule has 1 atom stereocenters. The number of nitrogens with zero attached hydrogens (tertiary/aromatic N) is 1. The van der Waals surface area contributed by atoms with Crippen LogP contribution in [0.2, 0.25) is 0 Å². The Morgan fingerprint density at radius 1 is 1.03 bits per heavy atom. The smallest absolute Gasteiger partial charge is 0.341 e. The summed E-state index contributed by atoms with van der Waals surface area (Å²) >= 11 is 0. The van der Waals surface area contributed by atoms with Crippen molar-refractivity contribution in [2.75, 3.05) is 19.1 Å². The summed E-state index contributed by atoms with van der Waals surface area (Å²) < 4.78 is 23.5. The standard InChI is InChI=1S/C24H32FN5O5/c1-15(2)35-21-11-10-20(12-16(21)3)27-29-28-24(33)30(14-17(4)22(31)34-5)23(32)26-13-18-6-8-19(25)9-7-18/h6-12,15,17,27,29H,13-14H2,1-5H3,(H,26,32)(H,28,33)/t17-/m0/s1. The molecule has 10 nitrogen and oxygen atoms in total. The number of hydrogen-bond donors (Lipinski definition) is 4. The number of carbonyl (C=O) groups is 3. The van der Waals surface area contributed by atoms with E-state index in [0.717, 1.165) is 16.2 Å². The Morgan fingerprint density at radius 3 is 2.31 bits per heavy atom. The highest BCUT2D eigenvalue weighted by atomic mass is 19.1. The van der Waals surface area contributed by atoms with E-state index in [0.29, 0.717) is 11.3 Å². The van der Waals surface area contributed by atoms with Gasteiger partial charge >= 0.3 is 18.0 Å². The number of urea groups is 2. The predicted octanol–water partition coefficient (Wildman–Crippen LogP) is 3.48. The minimum absolute atomic E-state index is 0.0393. The Labute approximate surface area is 204 Å². The fourth-order valence-corrected chi connectivity index (χ4v) is 3.02. The van der Waals surface area contributed by atoms with Gasteiger partial charge in [-0.2, -0.15) is 0 Å². The number of anilines is 1. The average Bonchev–Trinajstić information content (AvgIpc) is 2.82. The number of imide groups is 1. The van der Waals surface area contributed by atoms with Crippen molar-refractivity contribution in [2.45, 2.75) is 40.3 Å². The van der Waals surface area contributed by atoms with Crippen molar-refractivity contribution in [2.24, 2.45) is 5.92 Å². The number of methoxy groups -OCH3 is 1. The van der Waals surface area contributed by atoms with Crippen LogP contribution < -0.4 is 26.4 Å². The van der Waals surface area contributed by atoms with Crippen LogP contribution >= 0.6 is 0 Å². The van der Waals surface area contributed by atoms with Gasteiger partial charge in [-0.3, -0.25) is 10.2 Å². The molecule has 0 unspecified atom stereocenters. The second kappa shape index (κ2) is 13.1. The molecule has 2 rings (SSSR count). The summed E-state index contributed by atoms with van der Waals surface area (Å²) in [5.74, 6) is -0.981. The summed E-state index contributed by atoms with van der Waals surface area (Å²) in [4.78, 5) is 38.2. The number of hydrogen-bond acceptors (Lipinski definition) is 7. The molecule has 35 heavy (non-hydrogen) atoms. The molecule has 0 aromatic heterocycles. The molecule has 4 amide bonds. The zero-order chi connectivity index (χ0) is 26.0. The Morgan fingerprint density at radius 2 is 1.71 bits per heavy atom. The molecule has 0 radical (unpaired) electrons. The molecule has 0 saturated heterocycles. The zero-order valence-electron chi connectivity index (χ0n) is 20.5. The maximum Gasteiger partial charge on any atom is 0.341 e. The van der Waals surface area contributed by atoms with Crippen molar-refractivity contribution in [3.63, 3.8) is 0 Å². The van der Waals surface area contributed by atoms with E-state index >= 15 is 0 Å². The van der Waals surface area contributed by atoms with Crippen LogP contribution in [0.5, 0.6) is 5.75 Å². The number of amides is 4. The monoisotopic (exact) mass is 489 g/mol. The molecule has 0 aliphatic carbocycles. The van der Waals surface area contributed by atoms with Gasteiger partial charge in [-0.1, -0.05) is 19.1 Å². The van der Waals surface area contributed by atoms with Crippen molar-refractivity contribution in [1.82, 2.24) is 21.2 Å². The van der Waals surface area contributed by atoms with Gasteiger partial charge in [0.05, 0.1) is 24.8 Å². The van der Waals surface area contributed by atoms with Crippen LogP contribution in [0.4, 0.5) is 19.7 Å². The number of ether oxygens (including phenoxy) is 2. The van der Waals surface area contributed by atoms with E-state index in [1.807, 2.05) is 26.8 Å². The Bertz CT molecular complexity index is 1020. The van der Waals surface area contributed by atoms with Crippen LogP contribution in [0.3, 0.4) is 0 Å². The van der Waals surface area contributed by atoms with Gasteiger partial charge in [0.25, 0.3) is 0 Å². The highest BCUT2D eigenvalue weighted by Crippen LogP contribution is 2.22. The van der Waals surface area contributed by atoms with Crippen molar-refractivity contribution in [3.8, 4) is 5.75 Å². The molecular weight excluding hydrogens is 457 g/mol. The number of nitrogens with one attached hydrogen (secondary N) is 4. The van der Waals surface area contributed by atoms with Crippen LogP contribution in [0.15, 0.2) is 42.5 Å². The fraction of sp³-hybridized carbons (Fsp3) is 0.375. The average molecular weight is 490 g/mol. The summed E-state index contributed by atoms with van der Waals surface area (Å²) in [6.07, 6.45) is 0.0393. The van der Waals surface area contributed by atoms with Crippen molar-refractivity contribution < 1.29 is 28.2 Å². The largest absolute Gasteiger partial charge is 0.491 e. The summed E-state index contributed by atoms with van der Waals surface area (Å²) in [5.41, 5.74) is 9.93. The maximum absolute atomic E-state index is 13.1. The molecule has 0 fully saturated rings. The lowest BCUT2D eigenvalue weighted by Gasteiger charge is -2.24. The Hall–Kier alpha value is -3.86. The quantitative estimate of drug-likeness (QED) is 0.298. The van der Waals surface area contributed by atoms with E-state index in [2.05, 4.69) is 21.7 Å². The number of carbonyl (C=O) groups excluding carboxylic acids is 3. The minimum atomic E-state index is -0.804. The zero-order valence-corrected chi connectivity index (χ0v) is 20.5. The van der Waals surface area contributed by atoms with E-state index in [1.54, 1.807) is 12.1 Å². The van der Waals surface area contributed by atoms with E-state index in [9.17, 15) is 18.8 Å². The predicted molar refractivity (Wildman–Crippen MR) is 129 cm³/mol. The molecule has 2 aromatic rings. The first-order valence-corrected chi connectivity index (χ1v) is 11.1. The normalized spacial score (nSPS) is 11.4. The van der Waals surface area contributed by atoms with Crippen LogP contribution in [0.1, 0.15) is 31.9 Å². The second-order valence-electron chi connectivity index (χ2n) is 8.15. The van der Waals surface area contributed by atoms with Gasteiger partial charge in [0.2, 0.25) is 0 Å². The van der Waals surface area contributed by atoms with Gasteiger partial charge in [0, 0.05) is 13.1 Å². The first kappa shape index (κ1) is 27.4. The lowest BCUT2D eigenvalue weighted by Crippen LogP contribution is -2.54. The Kier molecular flexibility index (Phi) is 10.3. The summed E-state index contributed by atoms with van der Waals surface area (Å²) in [5, 5.41) is 2.59. The third-order valence-corrected chi connectivity index (χ3v) is 4.82.